The number of anilines is 1. The van der Waals surface area contributed by atoms with E-state index in [9.17, 15) is 22.3 Å². The van der Waals surface area contributed by atoms with Crippen molar-refractivity contribution >= 4 is 38.4 Å². The number of benzene rings is 2. The summed E-state index contributed by atoms with van der Waals surface area (Å²) in [5, 5.41) is 10.1. The number of pyridine rings is 1. The SMILES string of the molecule is COc1cccc(/C=N/c2cnc(S(=O)(=O)Nc3nc(-c4ccc(F)c(F)c4)c(C4CC4)s3)c(C)c2)c1O. The van der Waals surface area contributed by atoms with E-state index in [1.54, 1.807) is 31.2 Å². The molecule has 12 heteroatoms. The van der Waals surface area contributed by atoms with E-state index in [0.29, 0.717) is 33.8 Å². The normalized spacial score (nSPS) is 13.7. The average molecular weight is 557 g/mol. The number of aromatic hydroxyl groups is 1. The lowest BCUT2D eigenvalue weighted by Gasteiger charge is -2.08. The number of sulfonamides is 1. The van der Waals surface area contributed by atoms with Gasteiger partial charge >= 0.3 is 0 Å². The van der Waals surface area contributed by atoms with Gasteiger partial charge in [0, 0.05) is 22.2 Å². The molecule has 0 atom stereocenters. The monoisotopic (exact) mass is 556 g/mol. The third-order valence-corrected chi connectivity index (χ3v) is 8.55. The Hall–Kier alpha value is -3.90. The first kappa shape index (κ1) is 25.7. The highest BCUT2D eigenvalue weighted by Crippen LogP contribution is 2.48. The molecule has 2 N–H and O–H groups in total. The molecule has 1 aliphatic carbocycles. The van der Waals surface area contributed by atoms with E-state index in [1.807, 2.05) is 0 Å². The number of hydrogen-bond acceptors (Lipinski definition) is 8. The van der Waals surface area contributed by atoms with Gasteiger partial charge in [0.05, 0.1) is 24.7 Å². The minimum Gasteiger partial charge on any atom is -0.504 e. The number of aromatic nitrogens is 2. The average Bonchev–Trinajstić information content (AvgIpc) is 3.65. The molecule has 2 heterocycles. The molecule has 1 fully saturated rings. The Bertz CT molecular complexity index is 1670. The van der Waals surface area contributed by atoms with Gasteiger partial charge in [-0.25, -0.2) is 18.7 Å². The van der Waals surface area contributed by atoms with Crippen molar-refractivity contribution in [2.45, 2.75) is 30.7 Å². The number of ether oxygens (including phenoxy) is 1. The molecule has 4 aromatic rings. The van der Waals surface area contributed by atoms with Crippen LogP contribution in [-0.4, -0.2) is 36.8 Å². The van der Waals surface area contributed by atoms with Gasteiger partial charge in [-0.3, -0.25) is 9.71 Å². The summed E-state index contributed by atoms with van der Waals surface area (Å²) < 4.78 is 61.2. The van der Waals surface area contributed by atoms with Gasteiger partial charge in [0.2, 0.25) is 0 Å². The summed E-state index contributed by atoms with van der Waals surface area (Å²) in [6.07, 6.45) is 4.57. The van der Waals surface area contributed by atoms with Crippen LogP contribution >= 0.6 is 11.3 Å². The van der Waals surface area contributed by atoms with E-state index in [1.165, 1.54) is 36.9 Å². The molecule has 1 aliphatic rings. The van der Waals surface area contributed by atoms with E-state index >= 15 is 0 Å². The fourth-order valence-electron chi connectivity index (χ4n) is 3.86. The van der Waals surface area contributed by atoms with Crippen LogP contribution in [-0.2, 0) is 10.0 Å². The van der Waals surface area contributed by atoms with Gasteiger partial charge in [0.1, 0.15) is 0 Å². The molecule has 0 amide bonds. The van der Waals surface area contributed by atoms with Crippen LogP contribution < -0.4 is 9.46 Å². The van der Waals surface area contributed by atoms with Crippen molar-refractivity contribution < 1.29 is 27.0 Å². The first-order chi connectivity index (χ1) is 18.2. The summed E-state index contributed by atoms with van der Waals surface area (Å²) >= 11 is 1.17. The second-order valence-corrected chi connectivity index (χ2v) is 11.3. The Labute approximate surface area is 221 Å². The first-order valence-electron chi connectivity index (χ1n) is 11.5. The molecule has 38 heavy (non-hydrogen) atoms. The third kappa shape index (κ3) is 5.22. The number of halogens is 2. The lowest BCUT2D eigenvalue weighted by atomic mass is 10.1. The Morgan fingerprint density at radius 2 is 1.97 bits per heavy atom. The molecular formula is C26H22F2N4O4S2. The molecule has 196 valence electrons. The molecule has 0 saturated heterocycles. The number of phenols is 1. The zero-order valence-electron chi connectivity index (χ0n) is 20.3. The number of nitrogens with one attached hydrogen (secondary N) is 1. The predicted molar refractivity (Wildman–Crippen MR) is 141 cm³/mol. The molecule has 0 aliphatic heterocycles. The fraction of sp³-hybridized carbons (Fsp3) is 0.192. The van der Waals surface area contributed by atoms with Crippen molar-refractivity contribution in [3.05, 3.63) is 76.3 Å². The largest absolute Gasteiger partial charge is 0.504 e. The number of phenolic OH excluding ortho intramolecular Hbond substituents is 1. The van der Waals surface area contributed by atoms with Crippen LogP contribution in [0.25, 0.3) is 11.3 Å². The predicted octanol–water partition coefficient (Wildman–Crippen LogP) is 5.93. The van der Waals surface area contributed by atoms with Crippen molar-refractivity contribution in [1.82, 2.24) is 9.97 Å². The zero-order chi connectivity index (χ0) is 27.0. The minimum absolute atomic E-state index is 0.0661. The highest BCUT2D eigenvalue weighted by molar-refractivity contribution is 7.92. The molecule has 0 unspecified atom stereocenters. The van der Waals surface area contributed by atoms with Crippen LogP contribution in [0.2, 0.25) is 0 Å². The summed E-state index contributed by atoms with van der Waals surface area (Å²) in [6.45, 7) is 1.59. The van der Waals surface area contributed by atoms with Gasteiger partial charge in [0.25, 0.3) is 10.0 Å². The van der Waals surface area contributed by atoms with Gasteiger partial charge in [-0.05, 0) is 67.6 Å². The van der Waals surface area contributed by atoms with E-state index in [-0.39, 0.29) is 21.8 Å². The fourth-order valence-corrected chi connectivity index (χ4v) is 6.41. The van der Waals surface area contributed by atoms with Crippen molar-refractivity contribution in [3.63, 3.8) is 0 Å². The van der Waals surface area contributed by atoms with Crippen LogP contribution in [0.15, 0.2) is 58.7 Å². The number of hydrogen-bond donors (Lipinski definition) is 2. The van der Waals surface area contributed by atoms with E-state index in [2.05, 4.69) is 19.7 Å². The molecule has 5 rings (SSSR count). The van der Waals surface area contributed by atoms with Gasteiger partial charge in [-0.15, -0.1) is 11.3 Å². The quantitative estimate of drug-likeness (QED) is 0.260. The van der Waals surface area contributed by atoms with Crippen LogP contribution in [0.3, 0.4) is 0 Å². The number of aryl methyl sites for hydroxylation is 1. The van der Waals surface area contributed by atoms with Crippen molar-refractivity contribution in [1.29, 1.82) is 0 Å². The van der Waals surface area contributed by atoms with Crippen molar-refractivity contribution in [2.75, 3.05) is 11.8 Å². The summed E-state index contributed by atoms with van der Waals surface area (Å²) in [4.78, 5) is 13.6. The number of aliphatic imine (C=N–C) groups is 1. The van der Waals surface area contributed by atoms with Crippen molar-refractivity contribution in [2.24, 2.45) is 4.99 Å². The third-order valence-electron chi connectivity index (χ3n) is 5.89. The van der Waals surface area contributed by atoms with Gasteiger partial charge in [-0.2, -0.15) is 8.42 Å². The first-order valence-corrected chi connectivity index (χ1v) is 13.8. The minimum atomic E-state index is -4.11. The molecule has 2 aromatic carbocycles. The van der Waals surface area contributed by atoms with E-state index in [4.69, 9.17) is 4.74 Å². The number of methoxy groups -OCH3 is 1. The molecule has 0 spiro atoms. The summed E-state index contributed by atoms with van der Waals surface area (Å²) in [7, 11) is -2.66. The van der Waals surface area contributed by atoms with Gasteiger partial charge in [0.15, 0.2) is 33.3 Å². The van der Waals surface area contributed by atoms with Crippen LogP contribution in [0.4, 0.5) is 19.6 Å². The number of para-hydroxylation sites is 1. The smallest absolute Gasteiger partial charge is 0.281 e. The lowest BCUT2D eigenvalue weighted by Crippen LogP contribution is -2.15. The Kier molecular flexibility index (Phi) is 6.84. The number of thiazole rings is 1. The second kappa shape index (κ2) is 10.1. The van der Waals surface area contributed by atoms with Gasteiger partial charge in [-0.1, -0.05) is 6.07 Å². The molecular weight excluding hydrogens is 534 g/mol. The second-order valence-electron chi connectivity index (χ2n) is 8.71. The maximum atomic E-state index is 13.8. The molecule has 0 bridgehead atoms. The van der Waals surface area contributed by atoms with Crippen LogP contribution in [0, 0.1) is 18.6 Å². The standard InChI is InChI=1S/C26H22F2N4O4S2/c1-14-10-18(29-12-17-4-3-5-21(36-2)23(17)33)13-30-25(14)38(34,35)32-26-31-22(24(37-26)15-6-7-15)16-8-9-19(27)20(28)11-16/h3-5,8-13,15,33H,6-7H2,1-2H3,(H,31,32)/b29-12+. The number of rotatable bonds is 8. The topological polar surface area (TPSA) is 114 Å². The summed E-state index contributed by atoms with van der Waals surface area (Å²) in [5.74, 6) is -1.52. The molecule has 0 radical (unpaired) electrons. The Balaban J connectivity index is 1.40. The summed E-state index contributed by atoms with van der Waals surface area (Å²) in [5.41, 5.74) is 1.97. The van der Waals surface area contributed by atoms with E-state index < -0.39 is 21.7 Å². The van der Waals surface area contributed by atoms with Gasteiger partial charge < -0.3 is 9.84 Å². The van der Waals surface area contributed by atoms with Crippen LogP contribution in [0.5, 0.6) is 11.5 Å². The number of nitrogens with zero attached hydrogens (tertiary/aromatic N) is 3. The highest BCUT2D eigenvalue weighted by atomic mass is 32.2. The lowest BCUT2D eigenvalue weighted by molar-refractivity contribution is 0.373. The Morgan fingerprint density at radius 1 is 1.18 bits per heavy atom. The molecule has 1 saturated carbocycles. The maximum Gasteiger partial charge on any atom is 0.281 e. The van der Waals surface area contributed by atoms with Crippen molar-refractivity contribution in [3.8, 4) is 22.8 Å². The highest BCUT2D eigenvalue weighted by Gasteiger charge is 2.31. The molecule has 8 nitrogen and oxygen atoms in total. The molecule has 2 aromatic heterocycles. The maximum absolute atomic E-state index is 13.8. The van der Waals surface area contributed by atoms with Crippen LogP contribution in [0.1, 0.15) is 34.8 Å². The Morgan fingerprint density at radius 3 is 2.66 bits per heavy atom. The van der Waals surface area contributed by atoms with E-state index in [0.717, 1.165) is 29.9 Å². The summed E-state index contributed by atoms with van der Waals surface area (Å²) in [6, 6.07) is 10.0. The zero-order valence-corrected chi connectivity index (χ0v) is 21.9.